The third-order valence-corrected chi connectivity index (χ3v) is 4.58. The first kappa shape index (κ1) is 22.6. The van der Waals surface area contributed by atoms with Gasteiger partial charge in [0.05, 0.1) is 0 Å². The predicted molar refractivity (Wildman–Crippen MR) is 119 cm³/mol. The predicted octanol–water partition coefficient (Wildman–Crippen LogP) is 5.21. The van der Waals surface area contributed by atoms with Crippen molar-refractivity contribution in [3.8, 4) is 0 Å². The molecular weight excluding hydrogens is 441 g/mol. The van der Waals surface area contributed by atoms with E-state index in [9.17, 15) is 4.79 Å². The zero-order valence-electron chi connectivity index (χ0n) is 15.3. The summed E-state index contributed by atoms with van der Waals surface area (Å²) in [7, 11) is 0. The molecule has 1 atom stereocenters. The molecule has 2 aromatic carbocycles. The fourth-order valence-corrected chi connectivity index (χ4v) is 2.88. The lowest BCUT2D eigenvalue weighted by Crippen LogP contribution is -2.56. The standard InChI is InChI=1S/C19H20Cl3N3O2S/c1-12-8-9-15(13(2)10-12)23-17(28)24-16(19(20,21)22)25-18(26)27-11-14-6-4-3-5-7-14/h3-10,16H,11H2,1-2H3,(H,25,26)(H2,23,24,28)/t16-/m1/s1. The van der Waals surface area contributed by atoms with E-state index in [1.54, 1.807) is 0 Å². The second-order valence-electron chi connectivity index (χ2n) is 6.10. The van der Waals surface area contributed by atoms with E-state index in [0.717, 1.165) is 22.4 Å². The Morgan fingerprint density at radius 3 is 2.39 bits per heavy atom. The number of carbonyl (C=O) groups excluding carboxylic acids is 1. The second-order valence-corrected chi connectivity index (χ2v) is 8.87. The topological polar surface area (TPSA) is 62.4 Å². The van der Waals surface area contributed by atoms with Gasteiger partial charge in [-0.15, -0.1) is 0 Å². The van der Waals surface area contributed by atoms with Gasteiger partial charge in [0.1, 0.15) is 6.61 Å². The van der Waals surface area contributed by atoms with Crippen molar-refractivity contribution >= 4 is 63.9 Å². The Morgan fingerprint density at radius 2 is 1.79 bits per heavy atom. The minimum absolute atomic E-state index is 0.0878. The smallest absolute Gasteiger partial charge is 0.409 e. The van der Waals surface area contributed by atoms with Crippen molar-refractivity contribution in [1.82, 2.24) is 10.6 Å². The monoisotopic (exact) mass is 459 g/mol. The molecule has 0 saturated heterocycles. The molecule has 0 aliphatic rings. The van der Waals surface area contributed by atoms with Crippen LogP contribution in [0.25, 0.3) is 0 Å². The zero-order chi connectivity index (χ0) is 20.7. The summed E-state index contributed by atoms with van der Waals surface area (Å²) in [6, 6.07) is 15.1. The van der Waals surface area contributed by atoms with Crippen molar-refractivity contribution in [3.63, 3.8) is 0 Å². The highest BCUT2D eigenvalue weighted by atomic mass is 35.6. The average Bonchev–Trinajstić information content (AvgIpc) is 2.62. The zero-order valence-corrected chi connectivity index (χ0v) is 18.3. The molecule has 0 radical (unpaired) electrons. The van der Waals surface area contributed by atoms with Gasteiger partial charge in [-0.1, -0.05) is 82.8 Å². The lowest BCUT2D eigenvalue weighted by Gasteiger charge is -2.27. The van der Waals surface area contributed by atoms with Gasteiger partial charge in [0, 0.05) is 5.69 Å². The molecule has 28 heavy (non-hydrogen) atoms. The van der Waals surface area contributed by atoms with E-state index in [2.05, 4.69) is 16.0 Å². The first-order chi connectivity index (χ1) is 13.1. The summed E-state index contributed by atoms with van der Waals surface area (Å²) in [4.78, 5) is 12.1. The van der Waals surface area contributed by atoms with Crippen LogP contribution in [0.4, 0.5) is 10.5 Å². The summed E-state index contributed by atoms with van der Waals surface area (Å²) in [5.41, 5.74) is 3.77. The molecule has 1 amide bonds. The van der Waals surface area contributed by atoms with Gasteiger partial charge >= 0.3 is 6.09 Å². The summed E-state index contributed by atoms with van der Waals surface area (Å²) in [5.74, 6) is 0. The minimum Gasteiger partial charge on any atom is -0.445 e. The van der Waals surface area contributed by atoms with E-state index >= 15 is 0 Å². The van der Waals surface area contributed by atoms with Crippen LogP contribution in [0.15, 0.2) is 48.5 Å². The molecule has 9 heteroatoms. The molecule has 0 heterocycles. The van der Waals surface area contributed by atoms with Gasteiger partial charge in [0.25, 0.3) is 0 Å². The number of alkyl carbamates (subject to hydrolysis) is 1. The van der Waals surface area contributed by atoms with E-state index in [1.165, 1.54) is 0 Å². The molecule has 0 spiro atoms. The number of rotatable bonds is 5. The van der Waals surface area contributed by atoms with Crippen molar-refractivity contribution < 1.29 is 9.53 Å². The molecule has 0 unspecified atom stereocenters. The first-order valence-electron chi connectivity index (χ1n) is 8.34. The Hall–Kier alpha value is -1.73. The molecule has 0 fully saturated rings. The number of hydrogen-bond donors (Lipinski definition) is 3. The van der Waals surface area contributed by atoms with Crippen LogP contribution >= 0.6 is 47.0 Å². The van der Waals surface area contributed by atoms with Crippen molar-refractivity contribution in [1.29, 1.82) is 0 Å². The average molecular weight is 461 g/mol. The summed E-state index contributed by atoms with van der Waals surface area (Å²) in [6.07, 6.45) is -1.85. The number of amides is 1. The largest absolute Gasteiger partial charge is 0.445 e. The van der Waals surface area contributed by atoms with Gasteiger partial charge in [0.2, 0.25) is 3.79 Å². The van der Waals surface area contributed by atoms with Crippen LogP contribution in [0, 0.1) is 13.8 Å². The van der Waals surface area contributed by atoms with Crippen molar-refractivity contribution in [3.05, 3.63) is 65.2 Å². The molecule has 0 saturated carbocycles. The highest BCUT2D eigenvalue weighted by Crippen LogP contribution is 2.29. The quantitative estimate of drug-likeness (QED) is 0.325. The lowest BCUT2D eigenvalue weighted by molar-refractivity contribution is 0.135. The molecule has 5 nitrogen and oxygen atoms in total. The molecule has 2 rings (SSSR count). The number of halogens is 3. The molecule has 0 bridgehead atoms. The van der Waals surface area contributed by atoms with Gasteiger partial charge in [-0.3, -0.25) is 5.32 Å². The number of aryl methyl sites for hydroxylation is 2. The van der Waals surface area contributed by atoms with Gasteiger partial charge in [-0.2, -0.15) is 0 Å². The van der Waals surface area contributed by atoms with Gasteiger partial charge < -0.3 is 15.4 Å². The van der Waals surface area contributed by atoms with Crippen LogP contribution in [-0.4, -0.2) is 21.2 Å². The summed E-state index contributed by atoms with van der Waals surface area (Å²) in [5, 5.41) is 8.47. The molecular formula is C19H20Cl3N3O2S. The third kappa shape index (κ3) is 7.36. The minimum atomic E-state index is -1.86. The Morgan fingerprint density at radius 1 is 1.11 bits per heavy atom. The Labute approximate surface area is 184 Å². The molecule has 0 aromatic heterocycles. The lowest BCUT2D eigenvalue weighted by atomic mass is 10.1. The van der Waals surface area contributed by atoms with Crippen molar-refractivity contribution in [2.24, 2.45) is 0 Å². The maximum absolute atomic E-state index is 12.1. The number of benzene rings is 2. The van der Waals surface area contributed by atoms with E-state index in [1.807, 2.05) is 62.4 Å². The van der Waals surface area contributed by atoms with Crippen LogP contribution in [0.2, 0.25) is 0 Å². The van der Waals surface area contributed by atoms with E-state index in [4.69, 9.17) is 51.8 Å². The molecule has 150 valence electrons. The maximum atomic E-state index is 12.1. The number of thiocarbonyl (C=S) groups is 1. The van der Waals surface area contributed by atoms with Gasteiger partial charge in [-0.25, -0.2) is 4.79 Å². The van der Waals surface area contributed by atoms with Crippen LogP contribution in [0.3, 0.4) is 0 Å². The number of nitrogens with one attached hydrogen (secondary N) is 3. The number of carbonyl (C=O) groups is 1. The highest BCUT2D eigenvalue weighted by molar-refractivity contribution is 7.80. The van der Waals surface area contributed by atoms with Crippen LogP contribution in [-0.2, 0) is 11.3 Å². The number of hydrogen-bond acceptors (Lipinski definition) is 3. The van der Waals surface area contributed by atoms with Crippen molar-refractivity contribution in [2.75, 3.05) is 5.32 Å². The number of anilines is 1. The normalized spacial score (nSPS) is 12.0. The SMILES string of the molecule is Cc1ccc(NC(=S)N[C@H](NC(=O)OCc2ccccc2)C(Cl)(Cl)Cl)c(C)c1. The Balaban J connectivity index is 1.95. The number of ether oxygens (including phenoxy) is 1. The molecule has 0 aliphatic carbocycles. The second kappa shape index (κ2) is 10.2. The van der Waals surface area contributed by atoms with Gasteiger partial charge in [0.15, 0.2) is 11.3 Å². The fourth-order valence-electron chi connectivity index (χ4n) is 2.33. The summed E-state index contributed by atoms with van der Waals surface area (Å²) in [6.45, 7) is 4.03. The van der Waals surface area contributed by atoms with E-state index in [0.29, 0.717) is 0 Å². The van der Waals surface area contributed by atoms with Crippen LogP contribution in [0.1, 0.15) is 16.7 Å². The van der Waals surface area contributed by atoms with E-state index < -0.39 is 16.1 Å². The Bertz CT molecular complexity index is 829. The first-order valence-corrected chi connectivity index (χ1v) is 9.88. The summed E-state index contributed by atoms with van der Waals surface area (Å²) < 4.78 is 3.29. The molecule has 2 aromatic rings. The maximum Gasteiger partial charge on any atom is 0.409 e. The van der Waals surface area contributed by atoms with Crippen LogP contribution in [0.5, 0.6) is 0 Å². The van der Waals surface area contributed by atoms with Gasteiger partial charge in [-0.05, 0) is 43.3 Å². The van der Waals surface area contributed by atoms with Crippen LogP contribution < -0.4 is 16.0 Å². The summed E-state index contributed by atoms with van der Waals surface area (Å²) >= 11 is 23.2. The highest BCUT2D eigenvalue weighted by Gasteiger charge is 2.35. The van der Waals surface area contributed by atoms with E-state index in [-0.39, 0.29) is 11.7 Å². The fraction of sp³-hybridized carbons (Fsp3) is 0.263. The Kier molecular flexibility index (Phi) is 8.19. The number of alkyl halides is 3. The molecule has 0 aliphatic heterocycles. The molecule has 3 N–H and O–H groups in total. The third-order valence-electron chi connectivity index (χ3n) is 3.71. The van der Waals surface area contributed by atoms with Crippen molar-refractivity contribution in [2.45, 2.75) is 30.4 Å².